The first-order chi connectivity index (χ1) is 18.4. The van der Waals surface area contributed by atoms with Crippen molar-refractivity contribution in [3.8, 4) is 11.5 Å². The fraction of sp³-hybridized carbons (Fsp3) is 0.414. The highest BCUT2D eigenvalue weighted by molar-refractivity contribution is 6.03. The van der Waals surface area contributed by atoms with Gasteiger partial charge in [-0.3, -0.25) is 14.4 Å². The van der Waals surface area contributed by atoms with E-state index in [9.17, 15) is 14.4 Å². The maximum atomic E-state index is 12.9. The summed E-state index contributed by atoms with van der Waals surface area (Å²) in [6, 6.07) is 12.1. The molecule has 2 heterocycles. The number of nitrogens with one attached hydrogen (secondary N) is 2. The molecule has 0 bridgehead atoms. The van der Waals surface area contributed by atoms with Gasteiger partial charge in [-0.2, -0.15) is 0 Å². The second kappa shape index (κ2) is 11.2. The van der Waals surface area contributed by atoms with Gasteiger partial charge in [-0.15, -0.1) is 0 Å². The quantitative estimate of drug-likeness (QED) is 0.478. The van der Waals surface area contributed by atoms with Gasteiger partial charge in [-0.1, -0.05) is 12.8 Å². The van der Waals surface area contributed by atoms with Crippen molar-refractivity contribution < 1.29 is 23.5 Å². The van der Waals surface area contributed by atoms with Crippen LogP contribution in [0.5, 0.6) is 11.5 Å². The van der Waals surface area contributed by atoms with Gasteiger partial charge in [0.2, 0.25) is 5.91 Å². The van der Waals surface area contributed by atoms with E-state index >= 15 is 0 Å². The zero-order chi connectivity index (χ0) is 26.6. The van der Waals surface area contributed by atoms with Crippen molar-refractivity contribution in [1.29, 1.82) is 0 Å². The number of methoxy groups -OCH3 is 2. The fourth-order valence-electron chi connectivity index (χ4n) is 5.36. The molecule has 2 amide bonds. The highest BCUT2D eigenvalue weighted by Crippen LogP contribution is 2.30. The maximum Gasteiger partial charge on any atom is 0.291 e. The third-order valence-electron chi connectivity index (χ3n) is 7.51. The average molecular weight is 520 g/mol. The minimum absolute atomic E-state index is 0.108. The first-order valence-electron chi connectivity index (χ1n) is 13.1. The first-order valence-corrected chi connectivity index (χ1v) is 13.1. The summed E-state index contributed by atoms with van der Waals surface area (Å²) in [5, 5.41) is 6.29. The molecule has 1 aromatic heterocycles. The van der Waals surface area contributed by atoms with Crippen molar-refractivity contribution in [3.63, 3.8) is 0 Å². The van der Waals surface area contributed by atoms with E-state index in [-0.39, 0.29) is 40.0 Å². The summed E-state index contributed by atoms with van der Waals surface area (Å²) in [7, 11) is 2.95. The summed E-state index contributed by atoms with van der Waals surface area (Å²) in [5.41, 5.74) is 1.47. The van der Waals surface area contributed by atoms with Gasteiger partial charge in [0.15, 0.2) is 11.2 Å². The molecule has 0 radical (unpaired) electrons. The smallest absolute Gasteiger partial charge is 0.291 e. The van der Waals surface area contributed by atoms with Crippen molar-refractivity contribution in [2.75, 3.05) is 37.5 Å². The number of ether oxygens (including phenoxy) is 2. The molecule has 0 spiro atoms. The zero-order valence-electron chi connectivity index (χ0n) is 21.7. The summed E-state index contributed by atoms with van der Waals surface area (Å²) in [6.07, 6.45) is 6.18. The highest BCUT2D eigenvalue weighted by Gasteiger charge is 2.27. The second-order valence-corrected chi connectivity index (χ2v) is 9.93. The topological polar surface area (TPSA) is 110 Å². The van der Waals surface area contributed by atoms with Crippen LogP contribution in [0.25, 0.3) is 11.0 Å². The Labute approximate surface area is 221 Å². The second-order valence-electron chi connectivity index (χ2n) is 9.93. The predicted octanol–water partition coefficient (Wildman–Crippen LogP) is 4.34. The van der Waals surface area contributed by atoms with Crippen LogP contribution >= 0.6 is 0 Å². The number of carbonyl (C=O) groups is 2. The van der Waals surface area contributed by atoms with Crippen LogP contribution in [0.15, 0.2) is 51.7 Å². The molecule has 2 N–H and O–H groups in total. The van der Waals surface area contributed by atoms with E-state index in [2.05, 4.69) is 15.5 Å². The largest absolute Gasteiger partial charge is 0.496 e. The molecule has 200 valence electrons. The Morgan fingerprint density at radius 1 is 0.947 bits per heavy atom. The molecule has 9 nitrogen and oxygen atoms in total. The molecule has 38 heavy (non-hydrogen) atoms. The molecule has 1 aliphatic heterocycles. The number of rotatable bonds is 7. The number of hydrogen-bond acceptors (Lipinski definition) is 7. The Kier molecular flexibility index (Phi) is 7.53. The molecule has 1 saturated carbocycles. The summed E-state index contributed by atoms with van der Waals surface area (Å²) in [5.74, 6) is 0.549. The fourth-order valence-corrected chi connectivity index (χ4v) is 5.36. The van der Waals surface area contributed by atoms with E-state index in [1.54, 1.807) is 12.1 Å². The Morgan fingerprint density at radius 2 is 1.66 bits per heavy atom. The van der Waals surface area contributed by atoms with Crippen LogP contribution in [-0.2, 0) is 4.79 Å². The van der Waals surface area contributed by atoms with E-state index in [0.29, 0.717) is 17.2 Å². The molecule has 2 fully saturated rings. The van der Waals surface area contributed by atoms with Crippen LogP contribution in [0.2, 0.25) is 0 Å². The van der Waals surface area contributed by atoms with Crippen molar-refractivity contribution >= 4 is 34.2 Å². The number of benzene rings is 2. The standard InChI is InChI=1S/C29H33N3O6/c1-36-22-15-24(37-2)27-23(33)17-26(38-25(27)16-22)29(35)31-19-7-9-21(10-8-19)32-13-11-20(12-14-32)30-28(34)18-5-3-4-6-18/h7-10,15-18,20H,3-6,11-14H2,1-2H3,(H,30,34)(H,31,35). The van der Waals surface area contributed by atoms with E-state index in [0.717, 1.165) is 63.4 Å². The number of hydrogen-bond donors (Lipinski definition) is 2. The lowest BCUT2D eigenvalue weighted by Gasteiger charge is -2.34. The van der Waals surface area contributed by atoms with Crippen molar-refractivity contribution in [2.24, 2.45) is 5.92 Å². The van der Waals surface area contributed by atoms with Crippen LogP contribution in [0.4, 0.5) is 11.4 Å². The van der Waals surface area contributed by atoms with E-state index in [1.165, 1.54) is 14.2 Å². The molecule has 9 heteroatoms. The molecule has 2 aromatic carbocycles. The number of nitrogens with zero attached hydrogens (tertiary/aromatic N) is 1. The predicted molar refractivity (Wildman–Crippen MR) is 145 cm³/mol. The number of fused-ring (bicyclic) bond motifs is 1. The van der Waals surface area contributed by atoms with Gasteiger partial charge >= 0.3 is 0 Å². The monoisotopic (exact) mass is 519 g/mol. The lowest BCUT2D eigenvalue weighted by atomic mass is 10.0. The van der Waals surface area contributed by atoms with Gasteiger partial charge in [-0.05, 0) is 49.9 Å². The minimum atomic E-state index is -0.530. The summed E-state index contributed by atoms with van der Waals surface area (Å²) >= 11 is 0. The van der Waals surface area contributed by atoms with Gasteiger partial charge < -0.3 is 29.4 Å². The van der Waals surface area contributed by atoms with Gasteiger partial charge in [0.1, 0.15) is 22.5 Å². The number of carbonyl (C=O) groups excluding carboxylic acids is 2. The van der Waals surface area contributed by atoms with E-state index in [4.69, 9.17) is 13.9 Å². The van der Waals surface area contributed by atoms with Crippen LogP contribution < -0.4 is 30.4 Å². The van der Waals surface area contributed by atoms with E-state index in [1.807, 2.05) is 24.3 Å². The number of amides is 2. The number of anilines is 2. The molecule has 0 atom stereocenters. The summed E-state index contributed by atoms with van der Waals surface area (Å²) in [6.45, 7) is 1.72. The Balaban J connectivity index is 1.20. The Bertz CT molecular complexity index is 1370. The molecule has 0 unspecified atom stereocenters. The van der Waals surface area contributed by atoms with Crippen molar-refractivity contribution in [3.05, 3.63) is 58.4 Å². The van der Waals surface area contributed by atoms with Crippen LogP contribution in [0.3, 0.4) is 0 Å². The molecule has 2 aliphatic rings. The lowest BCUT2D eigenvalue weighted by molar-refractivity contribution is -0.125. The van der Waals surface area contributed by atoms with Crippen molar-refractivity contribution in [2.45, 2.75) is 44.6 Å². The van der Waals surface area contributed by atoms with Gasteiger partial charge in [0.25, 0.3) is 5.91 Å². The molecule has 5 rings (SSSR count). The van der Waals surface area contributed by atoms with Crippen molar-refractivity contribution in [1.82, 2.24) is 5.32 Å². The van der Waals surface area contributed by atoms with Crippen LogP contribution in [-0.4, -0.2) is 45.2 Å². The SMILES string of the molecule is COc1cc(OC)c2c(=O)cc(C(=O)Nc3ccc(N4CCC(NC(=O)C5CCCC5)CC4)cc3)oc2c1. The molecule has 3 aromatic rings. The normalized spacial score (nSPS) is 16.4. The zero-order valence-corrected chi connectivity index (χ0v) is 21.7. The van der Waals surface area contributed by atoms with Crippen LogP contribution in [0, 0.1) is 5.92 Å². The molecule has 1 saturated heterocycles. The summed E-state index contributed by atoms with van der Waals surface area (Å²) in [4.78, 5) is 40.3. The highest BCUT2D eigenvalue weighted by atomic mass is 16.5. The van der Waals surface area contributed by atoms with Gasteiger partial charge in [0.05, 0.1) is 14.2 Å². The minimum Gasteiger partial charge on any atom is -0.496 e. The van der Waals surface area contributed by atoms with E-state index < -0.39 is 5.91 Å². The molecule has 1 aliphatic carbocycles. The Morgan fingerprint density at radius 3 is 2.32 bits per heavy atom. The average Bonchev–Trinajstić information content (AvgIpc) is 3.48. The number of piperidine rings is 1. The third-order valence-corrected chi connectivity index (χ3v) is 7.51. The van der Waals surface area contributed by atoms with Gasteiger partial charge in [0, 0.05) is 54.6 Å². The third kappa shape index (κ3) is 5.46. The Hall–Kier alpha value is -4.01. The summed E-state index contributed by atoms with van der Waals surface area (Å²) < 4.78 is 16.3. The lowest BCUT2D eigenvalue weighted by Crippen LogP contribution is -2.46. The molecular weight excluding hydrogens is 486 g/mol. The van der Waals surface area contributed by atoms with Crippen LogP contribution in [0.1, 0.15) is 49.1 Å². The van der Waals surface area contributed by atoms with Gasteiger partial charge in [-0.25, -0.2) is 0 Å². The molecular formula is C29H33N3O6. The first kappa shape index (κ1) is 25.6. The maximum absolute atomic E-state index is 12.9.